The molecule has 0 saturated heterocycles. The standard InChI is InChI=1S/C21H19N3O2S2.C20H16ClNS.C6H6BClO2/c1-14-7-10-17(11-8-14)28(25,26)24-23-15(2)16-9-12-21-19(13-16)22-18-5-3-4-6-20(18)27-21;1-13(14-5-4-6-16(21)11-14)15-9-10-20-18(12-15)22-17-7-2-3-8-19(17)23-20;8-6-3-1-2-5(4-6)7(9)10/h3-13,22,24H,1-2H3;2-13,22H,1H3;1-4,9-10H/b23-15+;;. The number of benzene rings is 7. The third-order valence-electron chi connectivity index (χ3n) is 9.81. The molecule has 7 aromatic carbocycles. The fourth-order valence-corrected chi connectivity index (χ4v) is 9.58. The molecule has 0 bridgehead atoms. The number of anilines is 4. The van der Waals surface area contributed by atoms with Crippen LogP contribution in [-0.4, -0.2) is 31.3 Å². The van der Waals surface area contributed by atoms with Gasteiger partial charge in [0.2, 0.25) is 0 Å². The Hall–Kier alpha value is -5.18. The molecule has 0 radical (unpaired) electrons. The van der Waals surface area contributed by atoms with Crippen molar-refractivity contribution < 1.29 is 18.5 Å². The molecule has 5 N–H and O–H groups in total. The Morgan fingerprint density at radius 1 is 0.639 bits per heavy atom. The number of hydrogen-bond acceptors (Lipinski definition) is 9. The molecule has 9 rings (SSSR count). The van der Waals surface area contributed by atoms with Crippen molar-refractivity contribution in [2.45, 2.75) is 51.2 Å². The number of aryl methyl sites for hydroxylation is 1. The van der Waals surface area contributed by atoms with Crippen LogP contribution in [0, 0.1) is 6.92 Å². The molecule has 0 amide bonds. The van der Waals surface area contributed by atoms with Crippen molar-refractivity contribution in [2.75, 3.05) is 10.6 Å². The minimum absolute atomic E-state index is 0.190. The lowest BCUT2D eigenvalue weighted by molar-refractivity contribution is 0.426. The number of para-hydroxylation sites is 2. The number of rotatable bonds is 7. The second-order valence-corrected chi connectivity index (χ2v) is 18.9. The van der Waals surface area contributed by atoms with E-state index >= 15 is 0 Å². The van der Waals surface area contributed by atoms with E-state index in [2.05, 4.69) is 82.1 Å². The molecule has 0 fully saturated rings. The number of halogens is 2. The zero-order valence-corrected chi connectivity index (χ0v) is 37.3. The van der Waals surface area contributed by atoms with Crippen LogP contribution >= 0.6 is 46.7 Å². The molecule has 1 atom stereocenters. The summed E-state index contributed by atoms with van der Waals surface area (Å²) in [6.45, 7) is 5.91. The second kappa shape index (κ2) is 19.7. The van der Waals surface area contributed by atoms with Crippen LogP contribution in [0.1, 0.15) is 42.0 Å². The van der Waals surface area contributed by atoms with Gasteiger partial charge in [-0.3, -0.25) is 0 Å². The van der Waals surface area contributed by atoms with Gasteiger partial charge in [-0.2, -0.15) is 18.4 Å². The topological polar surface area (TPSA) is 123 Å². The zero-order valence-electron chi connectivity index (χ0n) is 33.3. The number of nitrogens with zero attached hydrogens (tertiary/aromatic N) is 1. The Kier molecular flexibility index (Phi) is 14.2. The van der Waals surface area contributed by atoms with Crippen molar-refractivity contribution in [1.29, 1.82) is 0 Å². The minimum Gasteiger partial charge on any atom is -0.423 e. The molecule has 7 aromatic rings. The SMILES string of the molecule is C/C(=N\NS(=O)(=O)c1ccc(C)cc1)c1ccc2c(c1)Nc1ccccc1S2.CC(c1cccc(Cl)c1)c1ccc2c(c1)Nc1ccccc1S2.OB(O)c1cccc(Cl)c1. The van der Waals surface area contributed by atoms with Crippen LogP contribution in [0.3, 0.4) is 0 Å². The van der Waals surface area contributed by atoms with E-state index in [1.807, 2.05) is 73.3 Å². The van der Waals surface area contributed by atoms with Crippen molar-refractivity contribution in [3.05, 3.63) is 190 Å². The highest BCUT2D eigenvalue weighted by molar-refractivity contribution is 8.00. The molecule has 308 valence electrons. The first kappa shape index (κ1) is 43.9. The predicted octanol–water partition coefficient (Wildman–Crippen LogP) is 11.6. The Bertz CT molecular complexity index is 2830. The van der Waals surface area contributed by atoms with E-state index < -0.39 is 17.1 Å². The first-order chi connectivity index (χ1) is 29.3. The molecule has 1 unspecified atom stereocenters. The molecule has 8 nitrogen and oxygen atoms in total. The number of hydrazone groups is 1. The van der Waals surface area contributed by atoms with Crippen LogP contribution in [-0.2, 0) is 10.0 Å². The number of hydrogen-bond donors (Lipinski definition) is 5. The van der Waals surface area contributed by atoms with Crippen molar-refractivity contribution in [3.63, 3.8) is 0 Å². The lowest BCUT2D eigenvalue weighted by Crippen LogP contribution is -2.29. The molecule has 14 heteroatoms. The Morgan fingerprint density at radius 3 is 1.77 bits per heavy atom. The average Bonchev–Trinajstić information content (AvgIpc) is 3.26. The summed E-state index contributed by atoms with van der Waals surface area (Å²) in [4.78, 5) is 7.36. The molecule has 2 aliphatic heterocycles. The summed E-state index contributed by atoms with van der Waals surface area (Å²) in [5.74, 6) is 0.308. The van der Waals surface area contributed by atoms with Gasteiger partial charge >= 0.3 is 7.12 Å². The van der Waals surface area contributed by atoms with E-state index in [4.69, 9.17) is 33.2 Å². The molecule has 0 saturated carbocycles. The Morgan fingerprint density at radius 2 is 1.18 bits per heavy atom. The average molecular weight is 904 g/mol. The molecular formula is C47H41BCl2N4O4S3. The maximum absolute atomic E-state index is 12.4. The van der Waals surface area contributed by atoms with Crippen LogP contribution in [0.4, 0.5) is 22.7 Å². The van der Waals surface area contributed by atoms with Crippen LogP contribution in [0.15, 0.2) is 187 Å². The first-order valence-corrected chi connectivity index (χ1v) is 23.1. The van der Waals surface area contributed by atoms with Crippen LogP contribution < -0.4 is 20.9 Å². The van der Waals surface area contributed by atoms with Crippen LogP contribution in [0.25, 0.3) is 0 Å². The smallest absolute Gasteiger partial charge is 0.423 e. The third kappa shape index (κ3) is 11.2. The molecule has 2 aliphatic rings. The molecule has 61 heavy (non-hydrogen) atoms. The molecule has 0 aromatic heterocycles. The molecule has 2 heterocycles. The van der Waals surface area contributed by atoms with Gasteiger partial charge in [0.15, 0.2) is 0 Å². The van der Waals surface area contributed by atoms with Gasteiger partial charge in [0.05, 0.1) is 33.4 Å². The van der Waals surface area contributed by atoms with E-state index in [1.165, 1.54) is 43.3 Å². The summed E-state index contributed by atoms with van der Waals surface area (Å²) in [6, 6.07) is 50.4. The summed E-state index contributed by atoms with van der Waals surface area (Å²) in [5, 5.41) is 29.7. The Balaban J connectivity index is 0.000000152. The van der Waals surface area contributed by atoms with Gasteiger partial charge in [-0.05, 0) is 121 Å². The summed E-state index contributed by atoms with van der Waals surface area (Å²) in [5.41, 5.74) is 9.77. The van der Waals surface area contributed by atoms with Crippen LogP contribution in [0.2, 0.25) is 10.0 Å². The lowest BCUT2D eigenvalue weighted by atomic mass is 9.81. The van der Waals surface area contributed by atoms with Crippen molar-refractivity contribution in [1.82, 2.24) is 4.83 Å². The fraction of sp³-hybridized carbons (Fsp3) is 0.0851. The van der Waals surface area contributed by atoms with Gasteiger partial charge in [0, 0.05) is 35.5 Å². The van der Waals surface area contributed by atoms with Gasteiger partial charge in [0.25, 0.3) is 10.0 Å². The van der Waals surface area contributed by atoms with E-state index in [-0.39, 0.29) is 4.90 Å². The molecular weight excluding hydrogens is 862 g/mol. The summed E-state index contributed by atoms with van der Waals surface area (Å²) >= 11 is 15.2. The lowest BCUT2D eigenvalue weighted by Gasteiger charge is -2.22. The monoisotopic (exact) mass is 902 g/mol. The fourth-order valence-electron chi connectivity index (χ4n) is 6.39. The van der Waals surface area contributed by atoms with E-state index in [0.29, 0.717) is 22.1 Å². The zero-order chi connectivity index (χ0) is 43.1. The summed E-state index contributed by atoms with van der Waals surface area (Å²) < 4.78 is 24.8. The molecule has 0 spiro atoms. The maximum Gasteiger partial charge on any atom is 0.488 e. The van der Waals surface area contributed by atoms with Gasteiger partial charge in [-0.25, -0.2) is 0 Å². The van der Waals surface area contributed by atoms with Gasteiger partial charge in [-0.1, -0.05) is 132 Å². The third-order valence-corrected chi connectivity index (χ3v) is 13.8. The van der Waals surface area contributed by atoms with E-state index in [0.717, 1.165) is 32.4 Å². The Labute approximate surface area is 375 Å². The summed E-state index contributed by atoms with van der Waals surface area (Å²) in [7, 11) is -5.13. The minimum atomic E-state index is -3.69. The van der Waals surface area contributed by atoms with Crippen LogP contribution in [0.5, 0.6) is 0 Å². The van der Waals surface area contributed by atoms with Gasteiger partial charge in [0.1, 0.15) is 0 Å². The van der Waals surface area contributed by atoms with Gasteiger partial charge < -0.3 is 20.7 Å². The van der Waals surface area contributed by atoms with Crippen molar-refractivity contribution in [2.24, 2.45) is 5.10 Å². The second-order valence-electron chi connectivity index (χ2n) is 14.2. The van der Waals surface area contributed by atoms with E-state index in [1.54, 1.807) is 61.2 Å². The van der Waals surface area contributed by atoms with Gasteiger partial charge in [-0.15, -0.1) is 0 Å². The number of sulfonamides is 1. The largest absolute Gasteiger partial charge is 0.488 e. The number of nitrogens with one attached hydrogen (secondary N) is 3. The number of fused-ring (bicyclic) bond motifs is 4. The maximum atomic E-state index is 12.4. The predicted molar refractivity (Wildman–Crippen MR) is 255 cm³/mol. The highest BCUT2D eigenvalue weighted by atomic mass is 35.5. The molecule has 0 aliphatic carbocycles. The normalized spacial score (nSPS) is 12.8. The van der Waals surface area contributed by atoms with E-state index in [9.17, 15) is 8.42 Å². The first-order valence-electron chi connectivity index (χ1n) is 19.2. The highest BCUT2D eigenvalue weighted by Gasteiger charge is 2.19. The summed E-state index contributed by atoms with van der Waals surface area (Å²) in [6.07, 6.45) is 0. The van der Waals surface area contributed by atoms with Crippen molar-refractivity contribution in [3.8, 4) is 0 Å². The quantitative estimate of drug-likeness (QED) is 0.0609. The highest BCUT2D eigenvalue weighted by Crippen LogP contribution is 2.46. The van der Waals surface area contributed by atoms with Crippen molar-refractivity contribution >= 4 is 97.8 Å².